The van der Waals surface area contributed by atoms with Gasteiger partial charge in [0.05, 0.1) is 0 Å². The number of benzene rings is 1. The van der Waals surface area contributed by atoms with Crippen LogP contribution < -0.4 is 0 Å². The largest absolute Gasteiger partial charge is 0.470 e. The number of unbranched alkanes of at least 4 members (excludes halogenated alkanes) is 7. The van der Waals surface area contributed by atoms with E-state index in [2.05, 4.69) is 13.8 Å². The second-order valence-corrected chi connectivity index (χ2v) is 8.08. The SMILES string of the molecule is CCCCCCCCCC(CCCC)(OP(=O)(O)O)c1ccccc1. The van der Waals surface area contributed by atoms with Gasteiger partial charge in [-0.15, -0.1) is 0 Å². The summed E-state index contributed by atoms with van der Waals surface area (Å²) in [5.41, 5.74) is -0.0162. The summed E-state index contributed by atoms with van der Waals surface area (Å²) in [5.74, 6) is 0. The maximum Gasteiger partial charge on any atom is 0.470 e. The first-order valence-corrected chi connectivity index (χ1v) is 11.3. The first-order chi connectivity index (χ1) is 11.9. The quantitative estimate of drug-likeness (QED) is 0.297. The average Bonchev–Trinajstić information content (AvgIpc) is 2.58. The lowest BCUT2D eigenvalue weighted by Gasteiger charge is -2.34. The van der Waals surface area contributed by atoms with Crippen LogP contribution in [0.15, 0.2) is 30.3 Å². The Morgan fingerprint density at radius 1 is 0.840 bits per heavy atom. The van der Waals surface area contributed by atoms with Crippen LogP contribution in [0.5, 0.6) is 0 Å². The molecule has 0 fully saturated rings. The summed E-state index contributed by atoms with van der Waals surface area (Å²) in [6.45, 7) is 4.29. The van der Waals surface area contributed by atoms with Gasteiger partial charge in [-0.1, -0.05) is 102 Å². The van der Waals surface area contributed by atoms with E-state index in [0.717, 1.165) is 31.2 Å². The van der Waals surface area contributed by atoms with Gasteiger partial charge in [0.25, 0.3) is 0 Å². The van der Waals surface area contributed by atoms with Crippen molar-refractivity contribution in [1.82, 2.24) is 0 Å². The lowest BCUT2D eigenvalue weighted by atomic mass is 9.84. The molecular formula is C20H35O4P. The Morgan fingerprint density at radius 3 is 1.92 bits per heavy atom. The summed E-state index contributed by atoms with van der Waals surface area (Å²) in [7, 11) is -4.56. The minimum atomic E-state index is -4.56. The fourth-order valence-electron chi connectivity index (χ4n) is 3.36. The molecule has 0 radical (unpaired) electrons. The van der Waals surface area contributed by atoms with Gasteiger partial charge in [-0.25, -0.2) is 4.57 Å². The summed E-state index contributed by atoms with van der Waals surface area (Å²) < 4.78 is 17.1. The van der Waals surface area contributed by atoms with Gasteiger partial charge in [-0.3, -0.25) is 4.52 Å². The number of phosphoric acid groups is 1. The maximum absolute atomic E-state index is 11.7. The van der Waals surface area contributed by atoms with Crippen molar-refractivity contribution in [3.8, 4) is 0 Å². The maximum atomic E-state index is 11.7. The molecule has 5 heteroatoms. The molecule has 4 nitrogen and oxygen atoms in total. The van der Waals surface area contributed by atoms with Crippen LogP contribution in [-0.2, 0) is 14.7 Å². The first-order valence-electron chi connectivity index (χ1n) is 9.75. The highest BCUT2D eigenvalue weighted by Gasteiger charge is 2.38. The lowest BCUT2D eigenvalue weighted by molar-refractivity contribution is 0.0109. The van der Waals surface area contributed by atoms with E-state index in [1.165, 1.54) is 32.1 Å². The summed E-state index contributed by atoms with van der Waals surface area (Å²) in [5, 5.41) is 0. The van der Waals surface area contributed by atoms with E-state index in [-0.39, 0.29) is 0 Å². The minimum absolute atomic E-state index is 0.633. The zero-order valence-corrected chi connectivity index (χ0v) is 16.7. The van der Waals surface area contributed by atoms with E-state index >= 15 is 0 Å². The monoisotopic (exact) mass is 370 g/mol. The van der Waals surface area contributed by atoms with Crippen LogP contribution in [0, 0.1) is 0 Å². The number of phosphoric ester groups is 1. The van der Waals surface area contributed by atoms with Crippen molar-refractivity contribution in [3.63, 3.8) is 0 Å². The molecule has 0 aliphatic rings. The molecule has 0 spiro atoms. The third kappa shape index (κ3) is 9.01. The second-order valence-electron chi connectivity index (χ2n) is 6.92. The van der Waals surface area contributed by atoms with E-state index in [1.54, 1.807) is 0 Å². The van der Waals surface area contributed by atoms with Crippen LogP contribution in [0.4, 0.5) is 0 Å². The fraction of sp³-hybridized carbons (Fsp3) is 0.700. The van der Waals surface area contributed by atoms with Crippen molar-refractivity contribution in [2.75, 3.05) is 0 Å². The number of rotatable bonds is 14. The van der Waals surface area contributed by atoms with Gasteiger partial charge in [0.2, 0.25) is 0 Å². The average molecular weight is 370 g/mol. The van der Waals surface area contributed by atoms with Crippen molar-refractivity contribution < 1.29 is 18.9 Å². The van der Waals surface area contributed by atoms with Crippen molar-refractivity contribution in [3.05, 3.63) is 35.9 Å². The molecule has 1 atom stereocenters. The van der Waals surface area contributed by atoms with E-state index in [9.17, 15) is 14.4 Å². The summed E-state index contributed by atoms with van der Waals surface area (Å²) in [6.07, 6.45) is 11.3. The third-order valence-corrected chi connectivity index (χ3v) is 5.30. The molecule has 144 valence electrons. The Kier molecular flexibility index (Phi) is 10.6. The molecule has 0 aromatic heterocycles. The van der Waals surface area contributed by atoms with Gasteiger partial charge in [-0.2, -0.15) is 0 Å². The van der Waals surface area contributed by atoms with E-state index < -0.39 is 13.4 Å². The second kappa shape index (κ2) is 11.9. The number of hydrogen-bond acceptors (Lipinski definition) is 2. The molecule has 2 N–H and O–H groups in total. The molecule has 0 aliphatic carbocycles. The van der Waals surface area contributed by atoms with Gasteiger partial charge in [0.15, 0.2) is 0 Å². The molecule has 1 aromatic carbocycles. The molecule has 1 rings (SSSR count). The highest BCUT2D eigenvalue weighted by molar-refractivity contribution is 7.46. The molecule has 1 unspecified atom stereocenters. The van der Waals surface area contributed by atoms with Crippen LogP contribution in [-0.4, -0.2) is 9.79 Å². The first kappa shape index (κ1) is 22.4. The zero-order valence-electron chi connectivity index (χ0n) is 15.8. The Balaban J connectivity index is 2.79. The predicted octanol–water partition coefficient (Wildman–Crippen LogP) is 6.32. The predicted molar refractivity (Wildman–Crippen MR) is 103 cm³/mol. The van der Waals surface area contributed by atoms with Gasteiger partial charge in [-0.05, 0) is 18.4 Å². The normalized spacial score (nSPS) is 14.4. The van der Waals surface area contributed by atoms with Crippen LogP contribution in [0.3, 0.4) is 0 Å². The van der Waals surface area contributed by atoms with Gasteiger partial charge < -0.3 is 9.79 Å². The van der Waals surface area contributed by atoms with Crippen LogP contribution in [0.1, 0.15) is 90.0 Å². The van der Waals surface area contributed by atoms with E-state index in [1.807, 2.05) is 30.3 Å². The Labute approximate surface area is 153 Å². The van der Waals surface area contributed by atoms with E-state index in [0.29, 0.717) is 12.8 Å². The molecule has 0 heterocycles. The summed E-state index contributed by atoms with van der Waals surface area (Å²) in [6, 6.07) is 9.58. The van der Waals surface area contributed by atoms with Crippen molar-refractivity contribution >= 4 is 7.82 Å². The van der Waals surface area contributed by atoms with Gasteiger partial charge in [0, 0.05) is 0 Å². The van der Waals surface area contributed by atoms with Crippen molar-refractivity contribution in [2.45, 2.75) is 90.1 Å². The smallest absolute Gasteiger partial charge is 0.303 e. The standard InChI is InChI=1S/C20H35O4P/c1-3-5-7-8-9-10-14-18-20(17-6-4-2,24-25(21,22)23)19-15-12-11-13-16-19/h11-13,15-16H,3-10,14,17-18H2,1-2H3,(H2,21,22,23). The molecule has 0 saturated heterocycles. The van der Waals surface area contributed by atoms with Gasteiger partial charge in [0.1, 0.15) is 5.60 Å². The minimum Gasteiger partial charge on any atom is -0.303 e. The molecule has 25 heavy (non-hydrogen) atoms. The summed E-state index contributed by atoms with van der Waals surface area (Å²) in [4.78, 5) is 19.0. The van der Waals surface area contributed by atoms with Crippen molar-refractivity contribution in [2.24, 2.45) is 0 Å². The van der Waals surface area contributed by atoms with Crippen molar-refractivity contribution in [1.29, 1.82) is 0 Å². The zero-order chi connectivity index (χ0) is 18.6. The van der Waals surface area contributed by atoms with Crippen LogP contribution in [0.25, 0.3) is 0 Å². The van der Waals surface area contributed by atoms with Crippen LogP contribution >= 0.6 is 7.82 Å². The molecule has 0 amide bonds. The Bertz CT molecular complexity index is 500. The molecule has 0 aliphatic heterocycles. The molecule has 1 aromatic rings. The number of hydrogen-bond donors (Lipinski definition) is 2. The highest BCUT2D eigenvalue weighted by atomic mass is 31.2. The molecular weight excluding hydrogens is 335 g/mol. The highest BCUT2D eigenvalue weighted by Crippen LogP contribution is 2.50. The lowest BCUT2D eigenvalue weighted by Crippen LogP contribution is -2.29. The third-order valence-electron chi connectivity index (χ3n) is 4.71. The topological polar surface area (TPSA) is 66.8 Å². The molecule has 0 bridgehead atoms. The van der Waals surface area contributed by atoms with Gasteiger partial charge >= 0.3 is 7.82 Å². The summed E-state index contributed by atoms with van der Waals surface area (Å²) >= 11 is 0. The van der Waals surface area contributed by atoms with E-state index in [4.69, 9.17) is 4.52 Å². The fourth-order valence-corrected chi connectivity index (χ4v) is 4.10. The Morgan fingerprint density at radius 2 is 1.36 bits per heavy atom. The Hall–Kier alpha value is -0.670. The molecule has 0 saturated carbocycles. The van der Waals surface area contributed by atoms with Crippen LogP contribution in [0.2, 0.25) is 0 Å².